The molecule has 0 spiro atoms. The van der Waals surface area contributed by atoms with Gasteiger partial charge < -0.3 is 5.73 Å². The second-order valence-corrected chi connectivity index (χ2v) is 4.39. The predicted octanol–water partition coefficient (Wildman–Crippen LogP) is 0.992. The Balaban J connectivity index is 0.000000181. The maximum atomic E-state index is 10.4. The van der Waals surface area contributed by atoms with Crippen molar-refractivity contribution in [3.8, 4) is 0 Å². The molecule has 17 heavy (non-hydrogen) atoms. The van der Waals surface area contributed by atoms with Crippen LogP contribution in [0.2, 0.25) is 0 Å². The highest BCUT2D eigenvalue weighted by molar-refractivity contribution is 7.85. The van der Waals surface area contributed by atoms with Crippen LogP contribution in [0.4, 0.5) is 5.69 Å². The van der Waals surface area contributed by atoms with Crippen LogP contribution >= 0.6 is 0 Å². The zero-order valence-electron chi connectivity index (χ0n) is 8.76. The van der Waals surface area contributed by atoms with Crippen LogP contribution in [0.15, 0.2) is 53.7 Å². The van der Waals surface area contributed by atoms with E-state index in [1.165, 1.54) is 18.3 Å². The number of benzene rings is 1. The van der Waals surface area contributed by atoms with Gasteiger partial charge in [-0.15, -0.1) is 0 Å². The van der Waals surface area contributed by atoms with Crippen molar-refractivity contribution in [1.82, 2.24) is 10.2 Å². The molecule has 1 aromatic carbocycles. The van der Waals surface area contributed by atoms with Gasteiger partial charge in [0.1, 0.15) is 0 Å². The molecule has 1 heterocycles. The van der Waals surface area contributed by atoms with E-state index in [9.17, 15) is 8.42 Å². The minimum atomic E-state index is -4.00. The maximum absolute atomic E-state index is 10.4. The lowest BCUT2D eigenvalue weighted by Crippen LogP contribution is -1.96. The van der Waals surface area contributed by atoms with E-state index in [1.54, 1.807) is 30.5 Å². The first kappa shape index (κ1) is 13.1. The number of rotatable bonds is 1. The fourth-order valence-corrected chi connectivity index (χ4v) is 1.39. The number of hydrogen-bond acceptors (Lipinski definition) is 5. The lowest BCUT2D eigenvalue weighted by molar-refractivity contribution is 0.483. The first-order valence-corrected chi connectivity index (χ1v) is 5.99. The van der Waals surface area contributed by atoms with Gasteiger partial charge in [0.15, 0.2) is 0 Å². The highest BCUT2D eigenvalue weighted by Gasteiger charge is 2.05. The molecule has 2 rings (SSSR count). The van der Waals surface area contributed by atoms with Crippen LogP contribution in [0.5, 0.6) is 0 Å². The molecule has 0 fully saturated rings. The molecule has 0 unspecified atom stereocenters. The summed E-state index contributed by atoms with van der Waals surface area (Å²) in [6.07, 6.45) is 3.05. The van der Waals surface area contributed by atoms with Crippen molar-refractivity contribution in [3.63, 3.8) is 0 Å². The van der Waals surface area contributed by atoms with Crippen molar-refractivity contribution in [2.45, 2.75) is 4.90 Å². The first-order chi connectivity index (χ1) is 8.00. The molecule has 0 bridgehead atoms. The van der Waals surface area contributed by atoms with Gasteiger partial charge in [0.25, 0.3) is 10.1 Å². The average molecular weight is 253 g/mol. The molecule has 0 atom stereocenters. The molecule has 0 radical (unpaired) electrons. The average Bonchev–Trinajstić information content (AvgIpc) is 2.31. The van der Waals surface area contributed by atoms with E-state index in [1.807, 2.05) is 0 Å². The summed E-state index contributed by atoms with van der Waals surface area (Å²) >= 11 is 0. The maximum Gasteiger partial charge on any atom is 0.294 e. The van der Waals surface area contributed by atoms with Gasteiger partial charge in [0.05, 0.1) is 23.0 Å². The minimum absolute atomic E-state index is 0.0741. The normalized spacial score (nSPS) is 10.2. The quantitative estimate of drug-likeness (QED) is 0.734. The summed E-state index contributed by atoms with van der Waals surface area (Å²) in [7, 11) is -4.00. The van der Waals surface area contributed by atoms with E-state index < -0.39 is 10.1 Å². The Morgan fingerprint density at radius 3 is 2.00 bits per heavy atom. The van der Waals surface area contributed by atoms with Crippen molar-refractivity contribution in [3.05, 3.63) is 48.8 Å². The molecule has 90 valence electrons. The SMILES string of the molecule is Nc1ccnnc1.O=S(=O)(O)c1ccccc1. The highest BCUT2D eigenvalue weighted by Crippen LogP contribution is 2.05. The van der Waals surface area contributed by atoms with Gasteiger partial charge in [-0.3, -0.25) is 4.55 Å². The molecule has 2 aromatic rings. The van der Waals surface area contributed by atoms with Crippen LogP contribution in [-0.2, 0) is 10.1 Å². The van der Waals surface area contributed by atoms with E-state index in [4.69, 9.17) is 10.3 Å². The van der Waals surface area contributed by atoms with Gasteiger partial charge in [0, 0.05) is 0 Å². The third-order valence-corrected chi connectivity index (χ3v) is 2.52. The molecular formula is C10H11N3O3S. The Kier molecular flexibility index (Phi) is 4.56. The standard InChI is InChI=1S/C6H6O3S.C4H5N3/c7-10(8,9)6-4-2-1-3-5-6;5-4-1-2-6-7-3-4/h1-5H,(H,7,8,9);1-3H,(H2,5,6). The van der Waals surface area contributed by atoms with Crippen molar-refractivity contribution in [2.24, 2.45) is 0 Å². The molecule has 0 saturated carbocycles. The zero-order chi connectivity index (χ0) is 12.7. The predicted molar refractivity (Wildman–Crippen MR) is 62.7 cm³/mol. The third-order valence-electron chi connectivity index (χ3n) is 1.65. The van der Waals surface area contributed by atoms with Crippen LogP contribution < -0.4 is 5.73 Å². The summed E-state index contributed by atoms with van der Waals surface area (Å²) in [5.41, 5.74) is 5.90. The van der Waals surface area contributed by atoms with Crippen molar-refractivity contribution in [1.29, 1.82) is 0 Å². The number of nitrogens with zero attached hydrogens (tertiary/aromatic N) is 2. The van der Waals surface area contributed by atoms with Gasteiger partial charge >= 0.3 is 0 Å². The molecule has 6 nitrogen and oxygen atoms in total. The smallest absolute Gasteiger partial charge is 0.294 e. The van der Waals surface area contributed by atoms with Crippen LogP contribution in [0, 0.1) is 0 Å². The highest BCUT2D eigenvalue weighted by atomic mass is 32.2. The van der Waals surface area contributed by atoms with Gasteiger partial charge in [-0.25, -0.2) is 0 Å². The first-order valence-electron chi connectivity index (χ1n) is 4.55. The van der Waals surface area contributed by atoms with Crippen molar-refractivity contribution >= 4 is 15.8 Å². The van der Waals surface area contributed by atoms with Crippen LogP contribution in [0.1, 0.15) is 0 Å². The van der Waals surface area contributed by atoms with Gasteiger partial charge in [-0.2, -0.15) is 18.6 Å². The summed E-state index contributed by atoms with van der Waals surface area (Å²) in [6, 6.07) is 9.11. The Hall–Kier alpha value is -1.99. The molecule has 0 aliphatic heterocycles. The minimum Gasteiger partial charge on any atom is -0.397 e. The largest absolute Gasteiger partial charge is 0.397 e. The molecule has 3 N–H and O–H groups in total. The second kappa shape index (κ2) is 5.92. The van der Waals surface area contributed by atoms with Crippen LogP contribution in [0.25, 0.3) is 0 Å². The van der Waals surface area contributed by atoms with Crippen molar-refractivity contribution in [2.75, 3.05) is 5.73 Å². The summed E-state index contributed by atoms with van der Waals surface area (Å²) in [4.78, 5) is -0.0741. The lowest BCUT2D eigenvalue weighted by Gasteiger charge is -1.92. The van der Waals surface area contributed by atoms with Gasteiger partial charge in [-0.1, -0.05) is 18.2 Å². The molecule has 0 saturated heterocycles. The van der Waals surface area contributed by atoms with Crippen molar-refractivity contribution < 1.29 is 13.0 Å². The lowest BCUT2D eigenvalue weighted by atomic mass is 10.4. The fraction of sp³-hybridized carbons (Fsp3) is 0. The number of hydrogen-bond donors (Lipinski definition) is 2. The summed E-state index contributed by atoms with van der Waals surface area (Å²) in [5.74, 6) is 0. The van der Waals surface area contributed by atoms with E-state index in [-0.39, 0.29) is 4.90 Å². The fourth-order valence-electron chi connectivity index (χ4n) is 0.893. The Morgan fingerprint density at radius 2 is 1.71 bits per heavy atom. The summed E-state index contributed by atoms with van der Waals surface area (Å²) in [5, 5.41) is 7.02. The summed E-state index contributed by atoms with van der Waals surface area (Å²) < 4.78 is 29.2. The van der Waals surface area contributed by atoms with E-state index >= 15 is 0 Å². The van der Waals surface area contributed by atoms with Gasteiger partial charge in [0.2, 0.25) is 0 Å². The zero-order valence-corrected chi connectivity index (χ0v) is 9.58. The Morgan fingerprint density at radius 1 is 1.06 bits per heavy atom. The number of nitrogen functional groups attached to an aromatic ring is 1. The molecule has 1 aromatic heterocycles. The number of aromatic nitrogens is 2. The topological polar surface area (TPSA) is 106 Å². The van der Waals surface area contributed by atoms with Gasteiger partial charge in [-0.05, 0) is 18.2 Å². The Bertz CT molecular complexity index is 544. The summed E-state index contributed by atoms with van der Waals surface area (Å²) in [6.45, 7) is 0. The number of anilines is 1. The second-order valence-electron chi connectivity index (χ2n) is 2.96. The number of nitrogens with two attached hydrogens (primary N) is 1. The molecular weight excluding hydrogens is 242 g/mol. The van der Waals surface area contributed by atoms with Crippen LogP contribution in [0.3, 0.4) is 0 Å². The molecule has 0 amide bonds. The van der Waals surface area contributed by atoms with E-state index in [2.05, 4.69) is 10.2 Å². The monoisotopic (exact) mass is 253 g/mol. The Labute approximate surface area is 98.9 Å². The molecule has 0 aliphatic rings. The van der Waals surface area contributed by atoms with Crippen LogP contribution in [-0.4, -0.2) is 23.2 Å². The van der Waals surface area contributed by atoms with E-state index in [0.29, 0.717) is 5.69 Å². The third kappa shape index (κ3) is 5.05. The molecule has 7 heteroatoms. The van der Waals surface area contributed by atoms with E-state index in [0.717, 1.165) is 0 Å². The molecule has 0 aliphatic carbocycles.